The van der Waals surface area contributed by atoms with E-state index >= 15 is 0 Å². The van der Waals surface area contributed by atoms with E-state index < -0.39 is 34.6 Å². The zero-order valence-electron chi connectivity index (χ0n) is 17.7. The number of nitrogens with zero attached hydrogens (tertiary/aromatic N) is 2. The van der Waals surface area contributed by atoms with Crippen molar-refractivity contribution in [1.29, 1.82) is 0 Å². The number of aliphatic hydroxyl groups is 1. The topological polar surface area (TPSA) is 55.8 Å². The first-order valence-corrected chi connectivity index (χ1v) is 11.7. The number of halogens is 4. The molecule has 0 spiro atoms. The minimum atomic E-state index is -1.26. The lowest BCUT2D eigenvalue weighted by Gasteiger charge is -2.49. The molecule has 5 nitrogen and oxygen atoms in total. The summed E-state index contributed by atoms with van der Waals surface area (Å²) in [5, 5.41) is 13.4. The number of hydrogen-bond donors (Lipinski definition) is 2. The van der Waals surface area contributed by atoms with Gasteiger partial charge < -0.3 is 20.2 Å². The smallest absolute Gasteiger partial charge is 0.256 e. The quantitative estimate of drug-likeness (QED) is 0.535. The van der Waals surface area contributed by atoms with Crippen LogP contribution in [0.15, 0.2) is 30.3 Å². The third kappa shape index (κ3) is 4.89. The number of anilines is 2. The van der Waals surface area contributed by atoms with Crippen LogP contribution in [0.25, 0.3) is 0 Å². The van der Waals surface area contributed by atoms with Crippen molar-refractivity contribution in [2.24, 2.45) is 5.92 Å². The van der Waals surface area contributed by atoms with E-state index in [1.165, 1.54) is 23.1 Å². The molecular weight excluding hydrogens is 534 g/mol. The molecule has 0 aliphatic carbocycles. The van der Waals surface area contributed by atoms with Crippen LogP contribution in [0.1, 0.15) is 30.1 Å². The summed E-state index contributed by atoms with van der Waals surface area (Å²) in [7, 11) is 0. The molecule has 32 heavy (non-hydrogen) atoms. The van der Waals surface area contributed by atoms with Crippen molar-refractivity contribution >= 4 is 39.9 Å². The van der Waals surface area contributed by atoms with Crippen molar-refractivity contribution in [2.45, 2.75) is 25.4 Å². The van der Waals surface area contributed by atoms with Gasteiger partial charge in [-0.3, -0.25) is 4.79 Å². The fraction of sp³-hybridized carbons (Fsp3) is 0.435. The van der Waals surface area contributed by atoms with E-state index in [4.69, 9.17) is 0 Å². The highest BCUT2D eigenvalue weighted by Crippen LogP contribution is 2.32. The summed E-state index contributed by atoms with van der Waals surface area (Å²) in [6, 6.07) is 6.31. The maximum absolute atomic E-state index is 14.6. The van der Waals surface area contributed by atoms with Crippen molar-refractivity contribution in [1.82, 2.24) is 9.80 Å². The summed E-state index contributed by atoms with van der Waals surface area (Å²) in [5.74, 6) is -2.92. The predicted molar refractivity (Wildman–Crippen MR) is 124 cm³/mol. The van der Waals surface area contributed by atoms with Gasteiger partial charge in [-0.1, -0.05) is 6.92 Å². The number of hydrogen-bond acceptors (Lipinski definition) is 4. The summed E-state index contributed by atoms with van der Waals surface area (Å²) in [4.78, 5) is 16.6. The number of rotatable bonds is 5. The average Bonchev–Trinajstić information content (AvgIpc) is 2.72. The van der Waals surface area contributed by atoms with E-state index in [-0.39, 0.29) is 24.3 Å². The van der Waals surface area contributed by atoms with Crippen molar-refractivity contribution in [3.05, 3.63) is 56.9 Å². The molecule has 0 unspecified atom stereocenters. The monoisotopic (exact) mass is 559 g/mol. The molecule has 2 N–H and O–H groups in total. The zero-order valence-corrected chi connectivity index (χ0v) is 19.8. The van der Waals surface area contributed by atoms with Crippen molar-refractivity contribution < 1.29 is 23.1 Å². The van der Waals surface area contributed by atoms with E-state index in [0.29, 0.717) is 16.0 Å². The first-order chi connectivity index (χ1) is 15.1. The number of carbonyl (C=O) groups is 1. The van der Waals surface area contributed by atoms with Crippen LogP contribution in [-0.2, 0) is 0 Å². The number of benzene rings is 2. The molecule has 2 aromatic carbocycles. The zero-order chi connectivity index (χ0) is 23.0. The molecule has 0 saturated carbocycles. The fourth-order valence-electron chi connectivity index (χ4n) is 4.29. The first kappa shape index (κ1) is 23.3. The molecule has 0 bridgehead atoms. The summed E-state index contributed by atoms with van der Waals surface area (Å²) in [6.07, 6.45) is 2.16. The van der Waals surface area contributed by atoms with Gasteiger partial charge in [-0.2, -0.15) is 0 Å². The molecular formula is C23H25F3IN3O2. The third-order valence-corrected chi connectivity index (χ3v) is 6.84. The molecule has 1 amide bonds. The highest BCUT2D eigenvalue weighted by Gasteiger charge is 2.45. The Bertz CT molecular complexity index is 1020. The molecule has 2 fully saturated rings. The van der Waals surface area contributed by atoms with Gasteiger partial charge in [0, 0.05) is 10.1 Å². The number of nitrogens with one attached hydrogen (secondary N) is 1. The molecule has 9 heteroatoms. The lowest BCUT2D eigenvalue weighted by Crippen LogP contribution is -2.67. The maximum atomic E-state index is 14.6. The minimum absolute atomic E-state index is 0.0663. The molecule has 4 rings (SSSR count). The molecule has 0 radical (unpaired) electrons. The molecule has 0 aromatic heterocycles. The normalized spacial score (nSPS) is 19.0. The molecule has 172 valence electrons. The first-order valence-electron chi connectivity index (χ1n) is 10.6. The number of β-amino-alcohol motifs (C(OH)–C–C–N with tert-alkyl or cyclic N) is 1. The Balaban J connectivity index is 1.49. The summed E-state index contributed by atoms with van der Waals surface area (Å²) >= 11 is 1.94. The lowest BCUT2D eigenvalue weighted by molar-refractivity contribution is -0.100. The van der Waals surface area contributed by atoms with Gasteiger partial charge in [0.25, 0.3) is 5.91 Å². The van der Waals surface area contributed by atoms with Crippen LogP contribution in [0.5, 0.6) is 0 Å². The molecule has 2 aliphatic rings. The number of piperidine rings is 1. The Morgan fingerprint density at radius 2 is 1.84 bits per heavy atom. The van der Waals surface area contributed by atoms with Crippen LogP contribution in [0.4, 0.5) is 24.5 Å². The van der Waals surface area contributed by atoms with E-state index in [1.807, 2.05) is 22.6 Å². The van der Waals surface area contributed by atoms with E-state index in [0.717, 1.165) is 32.0 Å². The van der Waals surface area contributed by atoms with Crippen molar-refractivity contribution in [3.8, 4) is 0 Å². The second-order valence-corrected chi connectivity index (χ2v) is 10.1. The molecule has 2 aliphatic heterocycles. The Labute approximate surface area is 198 Å². The third-order valence-electron chi connectivity index (χ3n) is 6.17. The van der Waals surface area contributed by atoms with Crippen LogP contribution >= 0.6 is 22.6 Å². The largest absolute Gasteiger partial charge is 0.385 e. The van der Waals surface area contributed by atoms with E-state index in [2.05, 4.69) is 17.1 Å². The van der Waals surface area contributed by atoms with E-state index in [9.17, 15) is 23.1 Å². The second kappa shape index (κ2) is 9.18. The van der Waals surface area contributed by atoms with Gasteiger partial charge in [-0.25, -0.2) is 13.2 Å². The number of carbonyl (C=O) groups excluding carboxylic acids is 1. The highest BCUT2D eigenvalue weighted by atomic mass is 127. The standard InChI is InChI=1S/C23H25F3IN3O2/c1-14-6-8-29(9-7-14)11-23(32)12-30(13-23)22(31)16-3-4-17(24)20(26)21(16)28-19-5-2-15(27)10-18(19)25/h2-5,10,14,28,32H,6-9,11-13H2,1H3. The lowest BCUT2D eigenvalue weighted by atomic mass is 9.90. The van der Waals surface area contributed by atoms with Gasteiger partial charge >= 0.3 is 0 Å². The van der Waals surface area contributed by atoms with Crippen LogP contribution in [0.3, 0.4) is 0 Å². The van der Waals surface area contributed by atoms with E-state index in [1.54, 1.807) is 6.07 Å². The average molecular weight is 559 g/mol. The van der Waals surface area contributed by atoms with Crippen LogP contribution in [0, 0.1) is 26.9 Å². The van der Waals surface area contributed by atoms with Gasteiger partial charge in [-0.15, -0.1) is 0 Å². The van der Waals surface area contributed by atoms with Gasteiger partial charge in [0.15, 0.2) is 11.6 Å². The summed E-state index contributed by atoms with van der Waals surface area (Å²) in [6.45, 7) is 4.72. The van der Waals surface area contributed by atoms with Gasteiger partial charge in [0.1, 0.15) is 11.4 Å². The number of amides is 1. The maximum Gasteiger partial charge on any atom is 0.256 e. The highest BCUT2D eigenvalue weighted by molar-refractivity contribution is 14.1. The SMILES string of the molecule is CC1CCN(CC2(O)CN(C(=O)c3ccc(F)c(F)c3Nc3ccc(I)cc3F)C2)CC1. The Hall–Kier alpha value is -1.85. The second-order valence-electron chi connectivity index (χ2n) is 8.88. The van der Waals surface area contributed by atoms with Crippen LogP contribution in [0.2, 0.25) is 0 Å². The Morgan fingerprint density at radius 3 is 2.50 bits per heavy atom. The summed E-state index contributed by atoms with van der Waals surface area (Å²) in [5.41, 5.74) is -1.63. The minimum Gasteiger partial charge on any atom is -0.385 e. The van der Waals surface area contributed by atoms with Crippen LogP contribution < -0.4 is 5.32 Å². The predicted octanol–water partition coefficient (Wildman–Crippen LogP) is 4.37. The van der Waals surface area contributed by atoms with Gasteiger partial charge in [0.05, 0.1) is 30.0 Å². The van der Waals surface area contributed by atoms with Gasteiger partial charge in [-0.05, 0) is 84.8 Å². The number of likely N-dealkylation sites (tertiary alicyclic amines) is 2. The van der Waals surface area contributed by atoms with Crippen LogP contribution in [-0.4, -0.2) is 59.1 Å². The summed E-state index contributed by atoms with van der Waals surface area (Å²) < 4.78 is 43.4. The molecule has 0 atom stereocenters. The molecule has 2 heterocycles. The molecule has 2 aromatic rings. The Kier molecular flexibility index (Phi) is 6.69. The fourth-order valence-corrected chi connectivity index (χ4v) is 4.74. The van der Waals surface area contributed by atoms with Gasteiger partial charge in [0.2, 0.25) is 0 Å². The molecule has 2 saturated heterocycles. The van der Waals surface area contributed by atoms with Crippen molar-refractivity contribution in [3.63, 3.8) is 0 Å². The Morgan fingerprint density at radius 1 is 1.16 bits per heavy atom. The van der Waals surface area contributed by atoms with Crippen molar-refractivity contribution in [2.75, 3.05) is 38.0 Å².